The normalized spacial score (nSPS) is 18.7. The Kier molecular flexibility index (Phi) is 3.45. The van der Waals surface area contributed by atoms with E-state index in [9.17, 15) is 9.90 Å². The molecular formula is C13H19NO4. The number of furan rings is 1. The standard InChI is InChI=1S/C13H19NO4/c1-9(2)13(16)7-14(8-13)6-11-10(4-5-18-11)12(15)17-3/h4-5,9,16H,6-8H2,1-3H3. The van der Waals surface area contributed by atoms with Gasteiger partial charge in [-0.15, -0.1) is 0 Å². The van der Waals surface area contributed by atoms with Crippen molar-refractivity contribution in [2.24, 2.45) is 5.92 Å². The first kappa shape index (κ1) is 13.1. The SMILES string of the molecule is COC(=O)c1ccoc1CN1CC(O)(C(C)C)C1. The van der Waals surface area contributed by atoms with Gasteiger partial charge < -0.3 is 14.3 Å². The number of hydrogen-bond donors (Lipinski definition) is 1. The molecule has 0 saturated carbocycles. The van der Waals surface area contributed by atoms with E-state index in [1.54, 1.807) is 6.07 Å². The zero-order valence-corrected chi connectivity index (χ0v) is 11.0. The van der Waals surface area contributed by atoms with Crippen LogP contribution in [0.25, 0.3) is 0 Å². The first-order valence-electron chi connectivity index (χ1n) is 6.05. The Hall–Kier alpha value is -1.33. The monoisotopic (exact) mass is 253 g/mol. The highest BCUT2D eigenvalue weighted by molar-refractivity contribution is 5.90. The van der Waals surface area contributed by atoms with Crippen molar-refractivity contribution in [1.29, 1.82) is 0 Å². The molecule has 2 rings (SSSR count). The van der Waals surface area contributed by atoms with Crippen LogP contribution < -0.4 is 0 Å². The Balaban J connectivity index is 1.97. The summed E-state index contributed by atoms with van der Waals surface area (Å²) in [6.07, 6.45) is 1.48. The quantitative estimate of drug-likeness (QED) is 0.819. The molecule has 0 radical (unpaired) electrons. The number of methoxy groups -OCH3 is 1. The Morgan fingerprint density at radius 1 is 1.61 bits per heavy atom. The van der Waals surface area contributed by atoms with Crippen LogP contribution in [0.2, 0.25) is 0 Å². The fourth-order valence-corrected chi connectivity index (χ4v) is 2.16. The predicted octanol–water partition coefficient (Wildman–Crippen LogP) is 1.27. The molecule has 5 heteroatoms. The lowest BCUT2D eigenvalue weighted by molar-refractivity contribution is -0.132. The highest BCUT2D eigenvalue weighted by Gasteiger charge is 2.43. The van der Waals surface area contributed by atoms with Gasteiger partial charge in [0, 0.05) is 13.1 Å². The number of esters is 1. The number of ether oxygens (including phenoxy) is 1. The molecule has 1 aromatic heterocycles. The summed E-state index contributed by atoms with van der Waals surface area (Å²) in [5.74, 6) is 0.427. The molecule has 18 heavy (non-hydrogen) atoms. The van der Waals surface area contributed by atoms with Gasteiger partial charge in [-0.05, 0) is 12.0 Å². The highest BCUT2D eigenvalue weighted by Crippen LogP contribution is 2.30. The summed E-state index contributed by atoms with van der Waals surface area (Å²) in [5.41, 5.74) is -0.157. The molecule has 0 aliphatic carbocycles. The van der Waals surface area contributed by atoms with Crippen LogP contribution in [0.1, 0.15) is 30.0 Å². The van der Waals surface area contributed by atoms with E-state index >= 15 is 0 Å². The third-order valence-corrected chi connectivity index (χ3v) is 3.59. The van der Waals surface area contributed by atoms with Gasteiger partial charge in [0.15, 0.2) is 0 Å². The fourth-order valence-electron chi connectivity index (χ4n) is 2.16. The number of hydrogen-bond acceptors (Lipinski definition) is 5. The minimum absolute atomic E-state index is 0.227. The van der Waals surface area contributed by atoms with E-state index in [0.29, 0.717) is 31.0 Å². The van der Waals surface area contributed by atoms with Crippen LogP contribution in [0.3, 0.4) is 0 Å². The molecule has 5 nitrogen and oxygen atoms in total. The third-order valence-electron chi connectivity index (χ3n) is 3.59. The molecule has 0 atom stereocenters. The maximum absolute atomic E-state index is 11.5. The topological polar surface area (TPSA) is 62.9 Å². The summed E-state index contributed by atoms with van der Waals surface area (Å²) in [4.78, 5) is 13.5. The average Bonchev–Trinajstić information content (AvgIpc) is 2.73. The van der Waals surface area contributed by atoms with Gasteiger partial charge in [-0.2, -0.15) is 0 Å². The minimum atomic E-state index is -0.613. The molecule has 1 saturated heterocycles. The Morgan fingerprint density at radius 3 is 2.83 bits per heavy atom. The van der Waals surface area contributed by atoms with Crippen molar-refractivity contribution in [2.75, 3.05) is 20.2 Å². The van der Waals surface area contributed by atoms with Crippen molar-refractivity contribution < 1.29 is 19.1 Å². The molecule has 0 aromatic carbocycles. The molecule has 2 heterocycles. The number of carbonyl (C=O) groups excluding carboxylic acids is 1. The van der Waals surface area contributed by atoms with Gasteiger partial charge in [-0.1, -0.05) is 13.8 Å². The van der Waals surface area contributed by atoms with Crippen LogP contribution in [-0.2, 0) is 11.3 Å². The molecule has 100 valence electrons. The van der Waals surface area contributed by atoms with E-state index in [0.717, 1.165) is 0 Å². The van der Waals surface area contributed by atoms with Gasteiger partial charge in [-0.25, -0.2) is 4.79 Å². The molecule has 1 fully saturated rings. The van der Waals surface area contributed by atoms with Crippen LogP contribution in [0.4, 0.5) is 0 Å². The van der Waals surface area contributed by atoms with E-state index in [4.69, 9.17) is 4.42 Å². The third kappa shape index (κ3) is 2.28. The van der Waals surface area contributed by atoms with E-state index in [1.807, 2.05) is 18.7 Å². The number of rotatable bonds is 4. The summed E-state index contributed by atoms with van der Waals surface area (Å²) in [6.45, 7) is 5.73. The summed E-state index contributed by atoms with van der Waals surface area (Å²) < 4.78 is 9.98. The van der Waals surface area contributed by atoms with Gasteiger partial charge in [0.2, 0.25) is 0 Å². The largest absolute Gasteiger partial charge is 0.467 e. The first-order valence-corrected chi connectivity index (χ1v) is 6.05. The highest BCUT2D eigenvalue weighted by atomic mass is 16.5. The maximum Gasteiger partial charge on any atom is 0.341 e. The number of nitrogens with zero attached hydrogens (tertiary/aromatic N) is 1. The Bertz CT molecular complexity index is 432. The summed E-state index contributed by atoms with van der Waals surface area (Å²) in [6, 6.07) is 1.61. The lowest BCUT2D eigenvalue weighted by Crippen LogP contribution is -2.63. The van der Waals surface area contributed by atoms with Gasteiger partial charge in [0.05, 0.1) is 25.5 Å². The lowest BCUT2D eigenvalue weighted by atomic mass is 9.83. The molecule has 0 spiro atoms. The van der Waals surface area contributed by atoms with Gasteiger partial charge in [0.25, 0.3) is 0 Å². The fraction of sp³-hybridized carbons (Fsp3) is 0.615. The van der Waals surface area contributed by atoms with Gasteiger partial charge >= 0.3 is 5.97 Å². The zero-order valence-electron chi connectivity index (χ0n) is 11.0. The van der Waals surface area contributed by atoms with Crippen molar-refractivity contribution >= 4 is 5.97 Å². The maximum atomic E-state index is 11.5. The Labute approximate surface area is 106 Å². The number of likely N-dealkylation sites (tertiary alicyclic amines) is 1. The minimum Gasteiger partial charge on any atom is -0.467 e. The Morgan fingerprint density at radius 2 is 2.28 bits per heavy atom. The molecule has 0 bridgehead atoms. The second-order valence-corrected chi connectivity index (χ2v) is 5.15. The summed E-state index contributed by atoms with van der Waals surface area (Å²) in [7, 11) is 1.35. The van der Waals surface area contributed by atoms with Gasteiger partial charge in [-0.3, -0.25) is 4.90 Å². The molecule has 1 aliphatic heterocycles. The van der Waals surface area contributed by atoms with Crippen LogP contribution >= 0.6 is 0 Å². The molecular weight excluding hydrogens is 234 g/mol. The van der Waals surface area contributed by atoms with Crippen LogP contribution in [-0.4, -0.2) is 41.8 Å². The molecule has 0 amide bonds. The predicted molar refractivity (Wildman–Crippen MR) is 65.1 cm³/mol. The van der Waals surface area contributed by atoms with Crippen molar-refractivity contribution in [3.05, 3.63) is 23.7 Å². The summed E-state index contributed by atoms with van der Waals surface area (Å²) >= 11 is 0. The molecule has 1 N–H and O–H groups in total. The zero-order chi connectivity index (χ0) is 13.3. The van der Waals surface area contributed by atoms with Crippen molar-refractivity contribution in [3.8, 4) is 0 Å². The molecule has 1 aliphatic rings. The van der Waals surface area contributed by atoms with E-state index in [1.165, 1.54) is 13.4 Å². The van der Waals surface area contributed by atoms with E-state index in [2.05, 4.69) is 4.74 Å². The van der Waals surface area contributed by atoms with Crippen molar-refractivity contribution in [2.45, 2.75) is 26.0 Å². The van der Waals surface area contributed by atoms with E-state index in [-0.39, 0.29) is 5.92 Å². The average molecular weight is 253 g/mol. The molecule has 1 aromatic rings. The summed E-state index contributed by atoms with van der Waals surface area (Å²) in [5, 5.41) is 10.1. The van der Waals surface area contributed by atoms with E-state index < -0.39 is 11.6 Å². The second kappa shape index (κ2) is 4.74. The lowest BCUT2D eigenvalue weighted by Gasteiger charge is -2.48. The molecule has 0 unspecified atom stereocenters. The smallest absolute Gasteiger partial charge is 0.341 e. The number of β-amino-alcohol motifs (C(OH)–C–C–N with tert-alkyl or cyclic N) is 1. The van der Waals surface area contributed by atoms with Crippen molar-refractivity contribution in [3.63, 3.8) is 0 Å². The van der Waals surface area contributed by atoms with Crippen LogP contribution in [0.5, 0.6) is 0 Å². The van der Waals surface area contributed by atoms with Crippen LogP contribution in [0.15, 0.2) is 16.7 Å². The number of carbonyl (C=O) groups is 1. The second-order valence-electron chi connectivity index (χ2n) is 5.15. The first-order chi connectivity index (χ1) is 8.46. The van der Waals surface area contributed by atoms with Gasteiger partial charge in [0.1, 0.15) is 11.3 Å². The van der Waals surface area contributed by atoms with Crippen LogP contribution in [0, 0.1) is 5.92 Å². The number of aliphatic hydroxyl groups is 1. The van der Waals surface area contributed by atoms with Crippen molar-refractivity contribution in [1.82, 2.24) is 4.90 Å².